The number of esters is 1. The highest BCUT2D eigenvalue weighted by Gasteiger charge is 2.21. The molecule has 0 aromatic carbocycles. The summed E-state index contributed by atoms with van der Waals surface area (Å²) in [4.78, 5) is 11.3. The molecule has 1 fully saturated rings. The Morgan fingerprint density at radius 2 is 2.42 bits per heavy atom. The molecule has 1 aliphatic heterocycles. The SMILES string of the molecule is CCC1NCCCC(C)OC1=O. The van der Waals surface area contributed by atoms with E-state index >= 15 is 0 Å². The minimum atomic E-state index is -0.0929. The van der Waals surface area contributed by atoms with E-state index in [0.29, 0.717) is 0 Å². The lowest BCUT2D eigenvalue weighted by Crippen LogP contribution is -2.41. The molecule has 2 unspecified atom stereocenters. The zero-order valence-electron chi connectivity index (χ0n) is 7.80. The van der Waals surface area contributed by atoms with E-state index in [1.54, 1.807) is 0 Å². The van der Waals surface area contributed by atoms with Gasteiger partial charge in [-0.05, 0) is 32.7 Å². The highest BCUT2D eigenvalue weighted by Crippen LogP contribution is 2.07. The van der Waals surface area contributed by atoms with Crippen molar-refractivity contribution in [2.45, 2.75) is 45.3 Å². The molecular formula is C9H17NO2. The van der Waals surface area contributed by atoms with E-state index in [0.717, 1.165) is 25.8 Å². The Hall–Kier alpha value is -0.570. The maximum Gasteiger partial charge on any atom is 0.323 e. The average molecular weight is 171 g/mol. The normalized spacial score (nSPS) is 32.0. The summed E-state index contributed by atoms with van der Waals surface area (Å²) in [6.45, 7) is 4.87. The summed E-state index contributed by atoms with van der Waals surface area (Å²) >= 11 is 0. The zero-order valence-corrected chi connectivity index (χ0v) is 7.80. The first-order chi connectivity index (χ1) is 5.74. The first kappa shape index (κ1) is 9.52. The Kier molecular flexibility index (Phi) is 3.53. The van der Waals surface area contributed by atoms with Gasteiger partial charge in [0.05, 0.1) is 6.10 Å². The van der Waals surface area contributed by atoms with Crippen LogP contribution in [0.25, 0.3) is 0 Å². The van der Waals surface area contributed by atoms with Crippen molar-refractivity contribution in [1.29, 1.82) is 0 Å². The Balaban J connectivity index is 2.48. The van der Waals surface area contributed by atoms with Crippen molar-refractivity contribution in [1.82, 2.24) is 5.32 Å². The fourth-order valence-electron chi connectivity index (χ4n) is 1.40. The third-order valence-corrected chi connectivity index (χ3v) is 2.19. The third-order valence-electron chi connectivity index (χ3n) is 2.19. The van der Waals surface area contributed by atoms with Crippen LogP contribution in [-0.4, -0.2) is 24.7 Å². The van der Waals surface area contributed by atoms with E-state index in [2.05, 4.69) is 5.32 Å². The van der Waals surface area contributed by atoms with Gasteiger partial charge >= 0.3 is 5.97 Å². The predicted octanol–water partition coefficient (Wildman–Crippen LogP) is 1.08. The molecule has 1 N–H and O–H groups in total. The lowest BCUT2D eigenvalue weighted by atomic mass is 10.1. The second-order valence-corrected chi connectivity index (χ2v) is 3.30. The van der Waals surface area contributed by atoms with Crippen LogP contribution in [0.5, 0.6) is 0 Å². The minimum absolute atomic E-state index is 0.0900. The molecule has 0 spiro atoms. The summed E-state index contributed by atoms with van der Waals surface area (Å²) < 4.78 is 5.19. The summed E-state index contributed by atoms with van der Waals surface area (Å²) in [5.41, 5.74) is 0. The lowest BCUT2D eigenvalue weighted by molar-refractivity contribution is -0.152. The second kappa shape index (κ2) is 4.45. The van der Waals surface area contributed by atoms with Crippen molar-refractivity contribution in [3.05, 3.63) is 0 Å². The summed E-state index contributed by atoms with van der Waals surface area (Å²) in [6, 6.07) is -0.0900. The number of carbonyl (C=O) groups is 1. The van der Waals surface area contributed by atoms with Crippen LogP contribution in [0, 0.1) is 0 Å². The van der Waals surface area contributed by atoms with E-state index in [1.165, 1.54) is 0 Å². The molecule has 0 radical (unpaired) electrons. The Morgan fingerprint density at radius 1 is 1.67 bits per heavy atom. The van der Waals surface area contributed by atoms with Gasteiger partial charge in [0.2, 0.25) is 0 Å². The molecule has 0 aromatic rings. The molecule has 0 aromatic heterocycles. The highest BCUT2D eigenvalue weighted by atomic mass is 16.5. The van der Waals surface area contributed by atoms with Gasteiger partial charge in [-0.15, -0.1) is 0 Å². The Bertz CT molecular complexity index is 159. The summed E-state index contributed by atoms with van der Waals surface area (Å²) in [6.07, 6.45) is 2.96. The van der Waals surface area contributed by atoms with Crippen LogP contribution in [-0.2, 0) is 9.53 Å². The van der Waals surface area contributed by atoms with Crippen LogP contribution in [0.2, 0.25) is 0 Å². The van der Waals surface area contributed by atoms with Crippen LogP contribution in [0.15, 0.2) is 0 Å². The number of rotatable bonds is 1. The van der Waals surface area contributed by atoms with Gasteiger partial charge in [-0.2, -0.15) is 0 Å². The topological polar surface area (TPSA) is 38.3 Å². The van der Waals surface area contributed by atoms with Gasteiger partial charge < -0.3 is 10.1 Å². The summed E-state index contributed by atoms with van der Waals surface area (Å²) in [5, 5.41) is 3.17. The van der Waals surface area contributed by atoms with Gasteiger partial charge in [0.25, 0.3) is 0 Å². The van der Waals surface area contributed by atoms with Gasteiger partial charge in [0.15, 0.2) is 0 Å². The van der Waals surface area contributed by atoms with E-state index in [9.17, 15) is 4.79 Å². The monoisotopic (exact) mass is 171 g/mol. The fourth-order valence-corrected chi connectivity index (χ4v) is 1.40. The second-order valence-electron chi connectivity index (χ2n) is 3.30. The number of ether oxygens (including phenoxy) is 1. The predicted molar refractivity (Wildman–Crippen MR) is 46.9 cm³/mol. The molecule has 1 aliphatic rings. The number of cyclic esters (lactones) is 1. The molecule has 0 bridgehead atoms. The van der Waals surface area contributed by atoms with Crippen molar-refractivity contribution < 1.29 is 9.53 Å². The fraction of sp³-hybridized carbons (Fsp3) is 0.889. The van der Waals surface area contributed by atoms with Gasteiger partial charge in [0.1, 0.15) is 6.04 Å². The number of carbonyl (C=O) groups excluding carboxylic acids is 1. The van der Waals surface area contributed by atoms with Crippen LogP contribution >= 0.6 is 0 Å². The molecule has 0 saturated carbocycles. The lowest BCUT2D eigenvalue weighted by Gasteiger charge is -2.22. The Morgan fingerprint density at radius 3 is 3.08 bits per heavy atom. The molecule has 0 aliphatic carbocycles. The zero-order chi connectivity index (χ0) is 8.97. The molecular weight excluding hydrogens is 154 g/mol. The quantitative estimate of drug-likeness (QED) is 0.600. The van der Waals surface area contributed by atoms with E-state index < -0.39 is 0 Å². The smallest absolute Gasteiger partial charge is 0.323 e. The highest BCUT2D eigenvalue weighted by molar-refractivity contribution is 5.75. The van der Waals surface area contributed by atoms with Gasteiger partial charge in [-0.1, -0.05) is 6.92 Å². The molecule has 70 valence electrons. The minimum Gasteiger partial charge on any atom is -0.462 e. The maximum atomic E-state index is 11.3. The van der Waals surface area contributed by atoms with Crippen molar-refractivity contribution in [2.24, 2.45) is 0 Å². The van der Waals surface area contributed by atoms with Gasteiger partial charge in [-0.25, -0.2) is 0 Å². The van der Waals surface area contributed by atoms with Crippen molar-refractivity contribution in [3.8, 4) is 0 Å². The first-order valence-corrected chi connectivity index (χ1v) is 4.68. The first-order valence-electron chi connectivity index (χ1n) is 4.68. The van der Waals surface area contributed by atoms with Crippen LogP contribution in [0.3, 0.4) is 0 Å². The molecule has 3 nitrogen and oxygen atoms in total. The molecule has 12 heavy (non-hydrogen) atoms. The van der Waals surface area contributed by atoms with Crippen molar-refractivity contribution >= 4 is 5.97 Å². The average Bonchev–Trinajstić information content (AvgIpc) is 2.01. The molecule has 1 rings (SSSR count). The maximum absolute atomic E-state index is 11.3. The number of hydrogen-bond donors (Lipinski definition) is 1. The number of hydrogen-bond acceptors (Lipinski definition) is 3. The molecule has 2 atom stereocenters. The van der Waals surface area contributed by atoms with Crippen molar-refractivity contribution in [3.63, 3.8) is 0 Å². The standard InChI is InChI=1S/C9H17NO2/c1-3-8-9(11)12-7(2)5-4-6-10-8/h7-8,10H,3-6H2,1-2H3. The van der Waals surface area contributed by atoms with E-state index in [4.69, 9.17) is 4.74 Å². The van der Waals surface area contributed by atoms with Crippen LogP contribution in [0.4, 0.5) is 0 Å². The molecule has 1 heterocycles. The molecule has 0 amide bonds. The third kappa shape index (κ3) is 2.48. The van der Waals surface area contributed by atoms with Gasteiger partial charge in [0, 0.05) is 0 Å². The largest absolute Gasteiger partial charge is 0.462 e. The van der Waals surface area contributed by atoms with Crippen LogP contribution in [0.1, 0.15) is 33.1 Å². The Labute approximate surface area is 73.5 Å². The van der Waals surface area contributed by atoms with Crippen LogP contribution < -0.4 is 5.32 Å². The van der Waals surface area contributed by atoms with E-state index in [1.807, 2.05) is 13.8 Å². The van der Waals surface area contributed by atoms with Crippen molar-refractivity contribution in [2.75, 3.05) is 6.54 Å². The molecule has 1 saturated heterocycles. The summed E-state index contributed by atoms with van der Waals surface area (Å²) in [5.74, 6) is -0.0929. The van der Waals surface area contributed by atoms with Gasteiger partial charge in [-0.3, -0.25) is 4.79 Å². The molecule has 3 heteroatoms. The summed E-state index contributed by atoms with van der Waals surface area (Å²) in [7, 11) is 0. The van der Waals surface area contributed by atoms with E-state index in [-0.39, 0.29) is 18.1 Å². The number of nitrogens with one attached hydrogen (secondary N) is 1.